The predicted molar refractivity (Wildman–Crippen MR) is 41.0 cm³/mol. The van der Waals surface area contributed by atoms with Gasteiger partial charge in [0, 0.05) is 13.5 Å². The third kappa shape index (κ3) is 5.76. The van der Waals surface area contributed by atoms with Gasteiger partial charge in [-0.2, -0.15) is 0 Å². The fraction of sp³-hybridized carbons (Fsp3) is 0.875. The number of hydrogen-bond acceptors (Lipinski definition) is 2. The van der Waals surface area contributed by atoms with E-state index in [1.54, 1.807) is 7.11 Å². The third-order valence-electron chi connectivity index (χ3n) is 1.03. The monoisotopic (exact) mass is 144 g/mol. The minimum Gasteiger partial charge on any atom is -0.377 e. The first-order valence-electron chi connectivity index (χ1n) is 3.46. The van der Waals surface area contributed by atoms with Gasteiger partial charge in [-0.1, -0.05) is 20.8 Å². The lowest BCUT2D eigenvalue weighted by molar-refractivity contribution is -0.124. The van der Waals surface area contributed by atoms with Gasteiger partial charge in [0.2, 0.25) is 0 Å². The Bertz CT molecular complexity index is 111. The van der Waals surface area contributed by atoms with Gasteiger partial charge in [0.1, 0.15) is 6.61 Å². The SMILES string of the molecule is COCC(=O)CC(C)(C)C. The summed E-state index contributed by atoms with van der Waals surface area (Å²) < 4.78 is 4.70. The van der Waals surface area contributed by atoms with E-state index in [1.165, 1.54) is 0 Å². The Morgan fingerprint density at radius 3 is 2.20 bits per heavy atom. The molecule has 0 radical (unpaired) electrons. The maximum absolute atomic E-state index is 10.9. The van der Waals surface area contributed by atoms with Crippen molar-refractivity contribution in [1.29, 1.82) is 0 Å². The van der Waals surface area contributed by atoms with E-state index < -0.39 is 0 Å². The predicted octanol–water partition coefficient (Wildman–Crippen LogP) is 1.64. The average molecular weight is 144 g/mol. The van der Waals surface area contributed by atoms with E-state index in [4.69, 9.17) is 4.74 Å². The fourth-order valence-electron chi connectivity index (χ4n) is 0.804. The van der Waals surface area contributed by atoms with Crippen LogP contribution in [0.15, 0.2) is 0 Å². The number of carbonyl (C=O) groups excluding carboxylic acids is 1. The highest BCUT2D eigenvalue weighted by Gasteiger charge is 2.14. The molecule has 0 aliphatic heterocycles. The Kier molecular flexibility index (Phi) is 3.58. The quantitative estimate of drug-likeness (QED) is 0.602. The van der Waals surface area contributed by atoms with Gasteiger partial charge in [-0.15, -0.1) is 0 Å². The molecule has 0 aliphatic carbocycles. The van der Waals surface area contributed by atoms with Crippen LogP contribution in [0.2, 0.25) is 0 Å². The van der Waals surface area contributed by atoms with E-state index in [1.807, 2.05) is 20.8 Å². The first-order chi connectivity index (χ1) is 4.45. The Morgan fingerprint density at radius 1 is 1.40 bits per heavy atom. The lowest BCUT2D eigenvalue weighted by atomic mass is 9.90. The number of hydrogen-bond donors (Lipinski definition) is 0. The Balaban J connectivity index is 3.58. The van der Waals surface area contributed by atoms with Crippen LogP contribution in [-0.2, 0) is 9.53 Å². The van der Waals surface area contributed by atoms with Crippen molar-refractivity contribution in [3.63, 3.8) is 0 Å². The summed E-state index contributed by atoms with van der Waals surface area (Å²) in [7, 11) is 1.54. The molecular formula is C8H16O2. The van der Waals surface area contributed by atoms with Crippen molar-refractivity contribution in [2.24, 2.45) is 5.41 Å². The normalized spacial score (nSPS) is 11.6. The van der Waals surface area contributed by atoms with Crippen molar-refractivity contribution >= 4 is 5.78 Å². The zero-order valence-corrected chi connectivity index (χ0v) is 7.23. The Hall–Kier alpha value is -0.370. The van der Waals surface area contributed by atoms with Crippen molar-refractivity contribution in [3.05, 3.63) is 0 Å². The summed E-state index contributed by atoms with van der Waals surface area (Å²) in [6.07, 6.45) is 0.598. The van der Waals surface area contributed by atoms with Gasteiger partial charge in [0.15, 0.2) is 5.78 Å². The van der Waals surface area contributed by atoms with E-state index in [0.717, 1.165) is 0 Å². The summed E-state index contributed by atoms with van der Waals surface area (Å²) in [6, 6.07) is 0. The van der Waals surface area contributed by atoms with Crippen LogP contribution < -0.4 is 0 Å². The summed E-state index contributed by atoms with van der Waals surface area (Å²) in [4.78, 5) is 10.9. The van der Waals surface area contributed by atoms with Gasteiger partial charge in [-0.25, -0.2) is 0 Å². The molecule has 0 spiro atoms. The highest BCUT2D eigenvalue weighted by Crippen LogP contribution is 2.18. The Labute approximate surface area is 62.6 Å². The molecule has 0 aromatic carbocycles. The number of rotatable bonds is 3. The topological polar surface area (TPSA) is 26.3 Å². The molecule has 0 aliphatic rings. The third-order valence-corrected chi connectivity index (χ3v) is 1.03. The van der Waals surface area contributed by atoms with Crippen LogP contribution in [0.3, 0.4) is 0 Å². The number of methoxy groups -OCH3 is 1. The second kappa shape index (κ2) is 3.71. The molecule has 0 saturated heterocycles. The number of carbonyl (C=O) groups is 1. The molecule has 0 aromatic rings. The van der Waals surface area contributed by atoms with Crippen LogP contribution >= 0.6 is 0 Å². The van der Waals surface area contributed by atoms with Gasteiger partial charge in [0.25, 0.3) is 0 Å². The van der Waals surface area contributed by atoms with Gasteiger partial charge in [0.05, 0.1) is 0 Å². The van der Waals surface area contributed by atoms with Crippen LogP contribution in [0.4, 0.5) is 0 Å². The fourth-order valence-corrected chi connectivity index (χ4v) is 0.804. The maximum Gasteiger partial charge on any atom is 0.158 e. The van der Waals surface area contributed by atoms with Gasteiger partial charge in [-0.05, 0) is 5.41 Å². The molecule has 2 nitrogen and oxygen atoms in total. The lowest BCUT2D eigenvalue weighted by Crippen LogP contribution is -2.16. The summed E-state index contributed by atoms with van der Waals surface area (Å²) in [5.41, 5.74) is 0.0929. The van der Waals surface area contributed by atoms with Crippen LogP contribution in [-0.4, -0.2) is 19.5 Å². The molecule has 0 fully saturated rings. The lowest BCUT2D eigenvalue weighted by Gasteiger charge is -2.15. The number of ketones is 1. The van der Waals surface area contributed by atoms with Gasteiger partial charge in [-0.3, -0.25) is 4.79 Å². The molecular weight excluding hydrogens is 128 g/mol. The highest BCUT2D eigenvalue weighted by molar-refractivity contribution is 5.80. The zero-order chi connectivity index (χ0) is 8.20. The molecule has 0 atom stereocenters. The van der Waals surface area contributed by atoms with E-state index in [9.17, 15) is 4.79 Å². The molecule has 0 N–H and O–H groups in total. The summed E-state index contributed by atoms with van der Waals surface area (Å²) >= 11 is 0. The number of Topliss-reactive ketones (excluding diaryl/α,β-unsaturated/α-hetero) is 1. The first kappa shape index (κ1) is 9.63. The maximum atomic E-state index is 10.9. The largest absolute Gasteiger partial charge is 0.377 e. The molecule has 2 heteroatoms. The van der Waals surface area contributed by atoms with Crippen LogP contribution in [0.5, 0.6) is 0 Å². The molecule has 0 amide bonds. The first-order valence-corrected chi connectivity index (χ1v) is 3.46. The van der Waals surface area contributed by atoms with E-state index in [0.29, 0.717) is 6.42 Å². The minimum atomic E-state index is 0.0929. The van der Waals surface area contributed by atoms with Crippen molar-refractivity contribution < 1.29 is 9.53 Å². The molecule has 0 heterocycles. The molecule has 10 heavy (non-hydrogen) atoms. The highest BCUT2D eigenvalue weighted by atomic mass is 16.5. The second-order valence-corrected chi connectivity index (χ2v) is 3.71. The summed E-state index contributed by atoms with van der Waals surface area (Å²) in [5.74, 6) is 0.176. The van der Waals surface area contributed by atoms with Crippen LogP contribution in [0.1, 0.15) is 27.2 Å². The van der Waals surface area contributed by atoms with Crippen LogP contribution in [0.25, 0.3) is 0 Å². The summed E-state index contributed by atoms with van der Waals surface area (Å²) in [5, 5.41) is 0. The summed E-state index contributed by atoms with van der Waals surface area (Å²) in [6.45, 7) is 6.37. The van der Waals surface area contributed by atoms with Gasteiger partial charge < -0.3 is 4.74 Å². The van der Waals surface area contributed by atoms with Crippen molar-refractivity contribution in [2.45, 2.75) is 27.2 Å². The molecule has 0 rings (SSSR count). The zero-order valence-electron chi connectivity index (χ0n) is 7.23. The number of ether oxygens (including phenoxy) is 1. The van der Waals surface area contributed by atoms with Crippen LogP contribution in [0, 0.1) is 5.41 Å². The minimum absolute atomic E-state index is 0.0929. The van der Waals surface area contributed by atoms with E-state index >= 15 is 0 Å². The van der Waals surface area contributed by atoms with Gasteiger partial charge >= 0.3 is 0 Å². The molecule has 0 saturated carbocycles. The smallest absolute Gasteiger partial charge is 0.158 e. The second-order valence-electron chi connectivity index (χ2n) is 3.71. The standard InChI is InChI=1S/C8H16O2/c1-8(2,3)5-7(9)6-10-4/h5-6H2,1-4H3. The molecule has 60 valence electrons. The Morgan fingerprint density at radius 2 is 1.90 bits per heavy atom. The molecule has 0 aromatic heterocycles. The average Bonchev–Trinajstić information content (AvgIpc) is 1.59. The van der Waals surface area contributed by atoms with Crippen molar-refractivity contribution in [1.82, 2.24) is 0 Å². The molecule has 0 unspecified atom stereocenters. The van der Waals surface area contributed by atoms with E-state index in [2.05, 4.69) is 0 Å². The van der Waals surface area contributed by atoms with Crippen molar-refractivity contribution in [3.8, 4) is 0 Å². The molecule has 0 bridgehead atoms. The van der Waals surface area contributed by atoms with E-state index in [-0.39, 0.29) is 17.8 Å². The van der Waals surface area contributed by atoms with Crippen molar-refractivity contribution in [2.75, 3.05) is 13.7 Å².